The lowest BCUT2D eigenvalue weighted by Gasteiger charge is -2.35. The Kier molecular flexibility index (Phi) is 8.46. The monoisotopic (exact) mass is 410 g/mol. The number of hydrogen-bond acceptors (Lipinski definition) is 5. The van der Waals surface area contributed by atoms with Crippen LogP contribution >= 0.6 is 0 Å². The molecule has 3 amide bonds. The highest BCUT2D eigenvalue weighted by Gasteiger charge is 2.40. The second-order valence-corrected chi connectivity index (χ2v) is 9.30. The first kappa shape index (κ1) is 23.6. The number of aliphatic hydroxyl groups excluding tert-OH is 1. The van der Waals surface area contributed by atoms with E-state index < -0.39 is 30.1 Å². The first-order valence-electron chi connectivity index (χ1n) is 10.9. The summed E-state index contributed by atoms with van der Waals surface area (Å²) in [5.74, 6) is -0.351. The van der Waals surface area contributed by atoms with Crippen molar-refractivity contribution in [1.82, 2.24) is 15.1 Å². The molecule has 0 saturated carbocycles. The summed E-state index contributed by atoms with van der Waals surface area (Å²) in [6, 6.07) is -1.90. The zero-order valence-corrected chi connectivity index (χ0v) is 18.3. The van der Waals surface area contributed by atoms with Crippen LogP contribution in [-0.2, 0) is 14.4 Å². The molecule has 0 radical (unpaired) electrons. The SMILES string of the molecule is CC(C)C[C@H](NC(=O)[C@@H]1CCCN1C(=O)[C@@H](O)[C@H](N)CC(C)C)C(=O)N1CCC1. The van der Waals surface area contributed by atoms with Gasteiger partial charge in [0, 0.05) is 25.7 Å². The zero-order valence-electron chi connectivity index (χ0n) is 18.3. The summed E-state index contributed by atoms with van der Waals surface area (Å²) in [6.45, 7) is 9.87. The molecule has 0 aliphatic carbocycles. The third kappa shape index (κ3) is 6.15. The highest BCUT2D eigenvalue weighted by Crippen LogP contribution is 2.21. The van der Waals surface area contributed by atoms with Crippen molar-refractivity contribution in [3.63, 3.8) is 0 Å². The van der Waals surface area contributed by atoms with Crippen molar-refractivity contribution in [3.05, 3.63) is 0 Å². The first-order valence-corrected chi connectivity index (χ1v) is 10.9. The van der Waals surface area contributed by atoms with Gasteiger partial charge in [-0.25, -0.2) is 0 Å². The van der Waals surface area contributed by atoms with E-state index in [0.717, 1.165) is 19.5 Å². The van der Waals surface area contributed by atoms with E-state index in [-0.39, 0.29) is 23.7 Å². The first-order chi connectivity index (χ1) is 13.6. The minimum atomic E-state index is -1.32. The number of aliphatic hydroxyl groups is 1. The third-order valence-electron chi connectivity index (χ3n) is 5.73. The second-order valence-electron chi connectivity index (χ2n) is 9.30. The fraction of sp³-hybridized carbons (Fsp3) is 0.857. The predicted octanol–water partition coefficient (Wildman–Crippen LogP) is 0.475. The number of nitrogens with two attached hydrogens (primary N) is 1. The molecule has 166 valence electrons. The topological polar surface area (TPSA) is 116 Å². The molecule has 0 aromatic carbocycles. The molecule has 0 unspecified atom stereocenters. The van der Waals surface area contributed by atoms with E-state index in [4.69, 9.17) is 5.73 Å². The van der Waals surface area contributed by atoms with E-state index in [9.17, 15) is 19.5 Å². The maximum Gasteiger partial charge on any atom is 0.253 e. The average molecular weight is 411 g/mol. The van der Waals surface area contributed by atoms with Crippen LogP contribution in [0.5, 0.6) is 0 Å². The summed E-state index contributed by atoms with van der Waals surface area (Å²) in [7, 11) is 0. The molecule has 2 aliphatic heterocycles. The van der Waals surface area contributed by atoms with E-state index in [1.54, 1.807) is 4.90 Å². The number of carbonyl (C=O) groups excluding carboxylic acids is 3. The molecule has 2 rings (SSSR count). The van der Waals surface area contributed by atoms with E-state index in [2.05, 4.69) is 5.32 Å². The fourth-order valence-electron chi connectivity index (χ4n) is 4.05. The van der Waals surface area contributed by atoms with Crippen LogP contribution in [0.2, 0.25) is 0 Å². The molecular formula is C21H38N4O4. The average Bonchev–Trinajstić information content (AvgIpc) is 3.06. The van der Waals surface area contributed by atoms with Crippen molar-refractivity contribution in [1.29, 1.82) is 0 Å². The Morgan fingerprint density at radius 3 is 2.14 bits per heavy atom. The molecule has 8 heteroatoms. The van der Waals surface area contributed by atoms with Crippen LogP contribution in [0, 0.1) is 11.8 Å². The standard InChI is InChI=1S/C21H38N4O4/c1-13(2)11-15(22)18(26)21(29)25-10-5-7-17(25)19(27)23-16(12-14(3)4)20(28)24-8-6-9-24/h13-18,26H,5-12,22H2,1-4H3,(H,23,27)/t15-,16+,17+,18+/m1/s1. The number of hydrogen-bond donors (Lipinski definition) is 3. The molecule has 2 aliphatic rings. The lowest BCUT2D eigenvalue weighted by atomic mass is 9.98. The summed E-state index contributed by atoms with van der Waals surface area (Å²) < 4.78 is 0. The van der Waals surface area contributed by atoms with E-state index >= 15 is 0 Å². The largest absolute Gasteiger partial charge is 0.382 e. The Bertz CT molecular complexity index is 591. The highest BCUT2D eigenvalue weighted by molar-refractivity contribution is 5.93. The number of amides is 3. The number of nitrogens with one attached hydrogen (secondary N) is 1. The molecule has 2 saturated heterocycles. The number of likely N-dealkylation sites (tertiary alicyclic amines) is 2. The smallest absolute Gasteiger partial charge is 0.253 e. The second kappa shape index (κ2) is 10.4. The van der Waals surface area contributed by atoms with Crippen molar-refractivity contribution in [2.24, 2.45) is 17.6 Å². The Balaban J connectivity index is 2.03. The van der Waals surface area contributed by atoms with Gasteiger partial charge in [-0.05, 0) is 43.9 Å². The van der Waals surface area contributed by atoms with E-state index in [1.807, 2.05) is 27.7 Å². The van der Waals surface area contributed by atoms with E-state index in [1.165, 1.54) is 4.90 Å². The maximum absolute atomic E-state index is 13.0. The lowest BCUT2D eigenvalue weighted by Crippen LogP contribution is -2.58. The van der Waals surface area contributed by atoms with Gasteiger partial charge in [0.1, 0.15) is 18.2 Å². The van der Waals surface area contributed by atoms with Gasteiger partial charge in [-0.15, -0.1) is 0 Å². The molecule has 4 atom stereocenters. The van der Waals surface area contributed by atoms with Crippen LogP contribution in [0.1, 0.15) is 59.8 Å². The third-order valence-corrected chi connectivity index (χ3v) is 5.73. The molecule has 8 nitrogen and oxygen atoms in total. The van der Waals surface area contributed by atoms with Crippen LogP contribution in [0.25, 0.3) is 0 Å². The van der Waals surface area contributed by atoms with Gasteiger partial charge in [0.2, 0.25) is 11.8 Å². The van der Waals surface area contributed by atoms with Crippen molar-refractivity contribution in [3.8, 4) is 0 Å². The minimum absolute atomic E-state index is 0.0480. The van der Waals surface area contributed by atoms with Crippen LogP contribution in [0.15, 0.2) is 0 Å². The Hall–Kier alpha value is -1.67. The molecule has 29 heavy (non-hydrogen) atoms. The zero-order chi connectivity index (χ0) is 21.7. The summed E-state index contributed by atoms with van der Waals surface area (Å²) in [4.78, 5) is 41.6. The van der Waals surface area contributed by atoms with Crippen molar-refractivity contribution >= 4 is 17.7 Å². The quantitative estimate of drug-likeness (QED) is 0.511. The van der Waals surface area contributed by atoms with Gasteiger partial charge in [0.15, 0.2) is 0 Å². The number of carbonyl (C=O) groups is 3. The number of nitrogens with zero attached hydrogens (tertiary/aromatic N) is 2. The van der Waals surface area contributed by atoms with Gasteiger partial charge in [-0.1, -0.05) is 27.7 Å². The van der Waals surface area contributed by atoms with Crippen molar-refractivity contribution < 1.29 is 19.5 Å². The highest BCUT2D eigenvalue weighted by atomic mass is 16.3. The van der Waals surface area contributed by atoms with Gasteiger partial charge in [-0.3, -0.25) is 14.4 Å². The van der Waals surface area contributed by atoms with Crippen LogP contribution in [-0.4, -0.2) is 76.5 Å². The molecular weight excluding hydrogens is 372 g/mol. The Morgan fingerprint density at radius 2 is 1.62 bits per heavy atom. The molecule has 0 aromatic heterocycles. The van der Waals surface area contributed by atoms with Gasteiger partial charge in [0.25, 0.3) is 5.91 Å². The van der Waals surface area contributed by atoms with Crippen molar-refractivity contribution in [2.75, 3.05) is 19.6 Å². The van der Waals surface area contributed by atoms with Gasteiger partial charge in [-0.2, -0.15) is 0 Å². The molecule has 0 spiro atoms. The summed E-state index contributed by atoms with van der Waals surface area (Å²) in [5.41, 5.74) is 5.99. The normalized spacial score (nSPS) is 22.4. The predicted molar refractivity (Wildman–Crippen MR) is 111 cm³/mol. The van der Waals surface area contributed by atoms with E-state index in [0.29, 0.717) is 32.2 Å². The molecule has 2 heterocycles. The fourth-order valence-corrected chi connectivity index (χ4v) is 4.05. The lowest BCUT2D eigenvalue weighted by molar-refractivity contribution is -0.147. The summed E-state index contributed by atoms with van der Waals surface area (Å²) in [6.07, 6.45) is 1.97. The van der Waals surface area contributed by atoms with Crippen LogP contribution in [0.4, 0.5) is 0 Å². The Morgan fingerprint density at radius 1 is 1.00 bits per heavy atom. The minimum Gasteiger partial charge on any atom is -0.382 e. The van der Waals surface area contributed by atoms with Crippen LogP contribution < -0.4 is 11.1 Å². The molecule has 0 aromatic rings. The summed E-state index contributed by atoms with van der Waals surface area (Å²) >= 11 is 0. The van der Waals surface area contributed by atoms with Gasteiger partial charge >= 0.3 is 0 Å². The van der Waals surface area contributed by atoms with Crippen molar-refractivity contribution in [2.45, 2.75) is 84.0 Å². The summed E-state index contributed by atoms with van der Waals surface area (Å²) in [5, 5.41) is 13.3. The molecule has 0 bridgehead atoms. The van der Waals surface area contributed by atoms with Gasteiger partial charge < -0.3 is 26.0 Å². The maximum atomic E-state index is 13.0. The van der Waals surface area contributed by atoms with Gasteiger partial charge in [0.05, 0.1) is 0 Å². The van der Waals surface area contributed by atoms with Crippen LogP contribution in [0.3, 0.4) is 0 Å². The molecule has 4 N–H and O–H groups in total. The molecule has 2 fully saturated rings. The number of rotatable bonds is 9. The Labute approximate surface area is 174 Å².